The lowest BCUT2D eigenvalue weighted by Gasteiger charge is -2.37. The third-order valence-corrected chi connectivity index (χ3v) is 8.02. The van der Waals surface area contributed by atoms with Gasteiger partial charge in [0, 0.05) is 24.3 Å². The minimum absolute atomic E-state index is 0.0819. The maximum Gasteiger partial charge on any atom is 0.252 e. The molecule has 0 aliphatic carbocycles. The molecule has 4 heterocycles. The molecule has 2 aromatic rings. The number of amides is 3. The van der Waals surface area contributed by atoms with Gasteiger partial charge in [0.05, 0.1) is 17.5 Å². The Morgan fingerprint density at radius 3 is 2.52 bits per heavy atom. The van der Waals surface area contributed by atoms with E-state index in [1.165, 1.54) is 4.90 Å². The Kier molecular flexibility index (Phi) is 3.65. The van der Waals surface area contributed by atoms with E-state index in [1.54, 1.807) is 11.9 Å². The summed E-state index contributed by atoms with van der Waals surface area (Å²) in [5.41, 5.74) is 3.38. The Labute approximate surface area is 181 Å². The number of hydrogen-bond donors (Lipinski definition) is 0. The second-order valence-electron chi connectivity index (χ2n) is 9.33. The van der Waals surface area contributed by atoms with E-state index in [4.69, 9.17) is 0 Å². The molecule has 158 valence electrons. The summed E-state index contributed by atoms with van der Waals surface area (Å²) in [7, 11) is 1.77. The molecule has 0 radical (unpaired) electrons. The first-order valence-electron chi connectivity index (χ1n) is 11.0. The van der Waals surface area contributed by atoms with E-state index >= 15 is 0 Å². The van der Waals surface area contributed by atoms with Gasteiger partial charge in [0.25, 0.3) is 5.91 Å². The number of nitrogens with zero attached hydrogens (tertiary/aromatic N) is 3. The van der Waals surface area contributed by atoms with Gasteiger partial charge < -0.3 is 4.90 Å². The van der Waals surface area contributed by atoms with Crippen LogP contribution in [0.15, 0.2) is 42.5 Å². The van der Waals surface area contributed by atoms with Crippen LogP contribution in [0.1, 0.15) is 29.5 Å². The number of rotatable bonds is 1. The summed E-state index contributed by atoms with van der Waals surface area (Å²) in [6.45, 7) is 4.73. The minimum atomic E-state index is -1.08. The first-order valence-corrected chi connectivity index (χ1v) is 11.0. The minimum Gasteiger partial charge on any atom is -0.313 e. The average molecular weight is 415 g/mol. The molecule has 4 aliphatic rings. The van der Waals surface area contributed by atoms with Crippen molar-refractivity contribution in [2.24, 2.45) is 11.8 Å². The molecule has 0 saturated carbocycles. The fraction of sp³-hybridized carbons (Fsp3) is 0.400. The fourth-order valence-corrected chi connectivity index (χ4v) is 6.57. The van der Waals surface area contributed by atoms with Crippen molar-refractivity contribution in [3.63, 3.8) is 0 Å². The van der Waals surface area contributed by atoms with Crippen LogP contribution in [0.2, 0.25) is 0 Å². The predicted molar refractivity (Wildman–Crippen MR) is 117 cm³/mol. The monoisotopic (exact) mass is 415 g/mol. The molecule has 2 aromatic carbocycles. The Balaban J connectivity index is 1.56. The van der Waals surface area contributed by atoms with Crippen molar-refractivity contribution in [3.8, 4) is 0 Å². The largest absolute Gasteiger partial charge is 0.313 e. The number of imide groups is 1. The molecule has 4 atom stereocenters. The lowest BCUT2D eigenvalue weighted by Crippen LogP contribution is -2.55. The molecule has 1 spiro atoms. The molecule has 4 aliphatic heterocycles. The molecule has 6 heteroatoms. The van der Waals surface area contributed by atoms with Crippen LogP contribution in [-0.2, 0) is 19.9 Å². The second kappa shape index (κ2) is 6.04. The average Bonchev–Trinajstić information content (AvgIpc) is 3.45. The quantitative estimate of drug-likeness (QED) is 0.672. The molecule has 4 unspecified atom stereocenters. The summed E-state index contributed by atoms with van der Waals surface area (Å²) >= 11 is 0. The van der Waals surface area contributed by atoms with E-state index in [1.807, 2.05) is 56.3 Å². The Bertz CT molecular complexity index is 1170. The van der Waals surface area contributed by atoms with Gasteiger partial charge in [0.15, 0.2) is 0 Å². The van der Waals surface area contributed by atoms with E-state index in [9.17, 15) is 14.4 Å². The summed E-state index contributed by atoms with van der Waals surface area (Å²) in [6, 6.07) is 13.3. The number of hydrogen-bond acceptors (Lipinski definition) is 4. The number of carbonyl (C=O) groups is 3. The number of carbonyl (C=O) groups excluding carboxylic acids is 3. The number of anilines is 2. The zero-order chi connectivity index (χ0) is 21.7. The van der Waals surface area contributed by atoms with Gasteiger partial charge in [0.2, 0.25) is 11.8 Å². The van der Waals surface area contributed by atoms with Gasteiger partial charge in [-0.15, -0.1) is 0 Å². The number of likely N-dealkylation sites (N-methyl/N-ethyl adjacent to an activating group) is 1. The standard InChI is InChI=1S/C25H25N3O3/c1-14-10-11-16(13-15(14)2)28-22(29)20-19-9-6-12-27(19)25(21(20)23(28)30)17-7-4-5-8-18(17)26(3)24(25)31/h4-5,7-8,10-11,13,19-21H,6,9,12H2,1-3H3. The Morgan fingerprint density at radius 2 is 1.74 bits per heavy atom. The van der Waals surface area contributed by atoms with Gasteiger partial charge in [-0.25, -0.2) is 4.90 Å². The molecule has 3 saturated heterocycles. The lowest BCUT2D eigenvalue weighted by molar-refractivity contribution is -0.136. The first kappa shape index (κ1) is 18.8. The second-order valence-corrected chi connectivity index (χ2v) is 9.33. The van der Waals surface area contributed by atoms with E-state index in [2.05, 4.69) is 4.90 Å². The zero-order valence-corrected chi connectivity index (χ0v) is 18.0. The van der Waals surface area contributed by atoms with E-state index < -0.39 is 17.4 Å². The van der Waals surface area contributed by atoms with Crippen LogP contribution >= 0.6 is 0 Å². The Morgan fingerprint density at radius 1 is 0.968 bits per heavy atom. The molecule has 0 N–H and O–H groups in total. The van der Waals surface area contributed by atoms with Crippen LogP contribution in [-0.4, -0.2) is 42.3 Å². The van der Waals surface area contributed by atoms with Crippen LogP contribution < -0.4 is 9.80 Å². The highest BCUT2D eigenvalue weighted by Gasteiger charge is 2.75. The van der Waals surface area contributed by atoms with E-state index in [0.717, 1.165) is 41.8 Å². The summed E-state index contributed by atoms with van der Waals surface area (Å²) in [5, 5.41) is 0. The van der Waals surface area contributed by atoms with E-state index in [0.29, 0.717) is 5.69 Å². The van der Waals surface area contributed by atoms with Crippen LogP contribution in [0, 0.1) is 25.7 Å². The first-order chi connectivity index (χ1) is 14.9. The third-order valence-electron chi connectivity index (χ3n) is 8.02. The van der Waals surface area contributed by atoms with E-state index in [-0.39, 0.29) is 23.8 Å². The van der Waals surface area contributed by atoms with Crippen molar-refractivity contribution < 1.29 is 14.4 Å². The molecule has 0 bridgehead atoms. The smallest absolute Gasteiger partial charge is 0.252 e. The van der Waals surface area contributed by atoms with Gasteiger partial charge in [-0.05, 0) is 62.6 Å². The van der Waals surface area contributed by atoms with Crippen molar-refractivity contribution in [1.82, 2.24) is 4.90 Å². The summed E-state index contributed by atoms with van der Waals surface area (Å²) < 4.78 is 0. The fourth-order valence-electron chi connectivity index (χ4n) is 6.57. The third kappa shape index (κ3) is 2.04. The molecular weight excluding hydrogens is 390 g/mol. The molecule has 3 amide bonds. The molecule has 3 fully saturated rings. The van der Waals surface area contributed by atoms with Gasteiger partial charge in [-0.3, -0.25) is 19.3 Å². The lowest BCUT2D eigenvalue weighted by atomic mass is 9.75. The normalized spacial score (nSPS) is 31.7. The van der Waals surface area contributed by atoms with Gasteiger partial charge in [-0.1, -0.05) is 24.3 Å². The molecule has 6 rings (SSSR count). The maximum atomic E-state index is 14.0. The molecule has 31 heavy (non-hydrogen) atoms. The number of fused-ring (bicyclic) bond motifs is 7. The van der Waals surface area contributed by atoms with Crippen molar-refractivity contribution in [1.29, 1.82) is 0 Å². The topological polar surface area (TPSA) is 60.9 Å². The zero-order valence-electron chi connectivity index (χ0n) is 18.0. The summed E-state index contributed by atoms with van der Waals surface area (Å²) in [5.74, 6) is -1.67. The van der Waals surface area contributed by atoms with Crippen LogP contribution in [0.5, 0.6) is 0 Å². The van der Waals surface area contributed by atoms with Crippen molar-refractivity contribution in [2.75, 3.05) is 23.4 Å². The molecular formula is C25H25N3O3. The summed E-state index contributed by atoms with van der Waals surface area (Å²) in [4.78, 5) is 46.8. The van der Waals surface area contributed by atoms with Crippen molar-refractivity contribution in [3.05, 3.63) is 59.2 Å². The summed E-state index contributed by atoms with van der Waals surface area (Å²) in [6.07, 6.45) is 1.77. The number of benzene rings is 2. The highest BCUT2D eigenvalue weighted by atomic mass is 16.2. The number of para-hydroxylation sites is 1. The van der Waals surface area contributed by atoms with Gasteiger partial charge in [-0.2, -0.15) is 0 Å². The van der Waals surface area contributed by atoms with Gasteiger partial charge in [0.1, 0.15) is 5.54 Å². The molecule has 0 aromatic heterocycles. The molecule has 6 nitrogen and oxygen atoms in total. The predicted octanol–water partition coefficient (Wildman–Crippen LogP) is 2.76. The number of aryl methyl sites for hydroxylation is 2. The highest BCUT2D eigenvalue weighted by molar-refractivity contribution is 6.26. The highest BCUT2D eigenvalue weighted by Crippen LogP contribution is 2.61. The van der Waals surface area contributed by atoms with Crippen molar-refractivity contribution in [2.45, 2.75) is 38.3 Å². The Hall–Kier alpha value is -2.99. The van der Waals surface area contributed by atoms with Gasteiger partial charge >= 0.3 is 0 Å². The van der Waals surface area contributed by atoms with Crippen LogP contribution in [0.4, 0.5) is 11.4 Å². The SMILES string of the molecule is Cc1ccc(N2C(=O)C3C4CCCN4C4(C(=O)N(C)c5ccccc54)C3C2=O)cc1C. The van der Waals surface area contributed by atoms with Crippen LogP contribution in [0.3, 0.4) is 0 Å². The maximum absolute atomic E-state index is 14.0. The van der Waals surface area contributed by atoms with Crippen LogP contribution in [0.25, 0.3) is 0 Å². The van der Waals surface area contributed by atoms with Crippen molar-refractivity contribution >= 4 is 29.1 Å².